The molecule has 0 bridgehead atoms. The van der Waals surface area contributed by atoms with Crippen LogP contribution in [0.5, 0.6) is 0 Å². The highest BCUT2D eigenvalue weighted by Crippen LogP contribution is 2.18. The van der Waals surface area contributed by atoms with Gasteiger partial charge in [0, 0.05) is 0 Å². The highest BCUT2D eigenvalue weighted by atomic mass is 16.5. The van der Waals surface area contributed by atoms with Gasteiger partial charge in [0.15, 0.2) is 0 Å². The van der Waals surface area contributed by atoms with Crippen LogP contribution in [-0.4, -0.2) is 25.2 Å². The quantitative estimate of drug-likeness (QED) is 0.536. The van der Waals surface area contributed by atoms with Crippen molar-refractivity contribution in [3.05, 3.63) is 0 Å². The second kappa shape index (κ2) is 11.5. The van der Waals surface area contributed by atoms with E-state index in [0.29, 0.717) is 25.0 Å². The molecule has 0 saturated heterocycles. The van der Waals surface area contributed by atoms with Gasteiger partial charge in [-0.1, -0.05) is 67.2 Å². The standard InChI is InChI=1S/C18H34O4/c1-7-15(8-2)11-21-17(19)13(5)14(6)18(20)22-12-16(9-3)10-4/h13-16H,7-12H2,1-6H3/t13-,14-/m1/s1. The fourth-order valence-electron chi connectivity index (χ4n) is 2.12. The molecular formula is C18H34O4. The summed E-state index contributed by atoms with van der Waals surface area (Å²) in [6, 6.07) is 0. The molecule has 0 aliphatic heterocycles. The van der Waals surface area contributed by atoms with Crippen molar-refractivity contribution in [3.63, 3.8) is 0 Å². The lowest BCUT2D eigenvalue weighted by molar-refractivity contribution is -0.161. The summed E-state index contributed by atoms with van der Waals surface area (Å²) in [6.07, 6.45) is 3.97. The van der Waals surface area contributed by atoms with Crippen molar-refractivity contribution in [1.29, 1.82) is 0 Å². The van der Waals surface area contributed by atoms with Crippen LogP contribution in [0.4, 0.5) is 0 Å². The lowest BCUT2D eigenvalue weighted by Gasteiger charge is -2.20. The van der Waals surface area contributed by atoms with Gasteiger partial charge in [-0.3, -0.25) is 9.59 Å². The number of esters is 2. The number of hydrogen-bond acceptors (Lipinski definition) is 4. The minimum absolute atomic E-state index is 0.307. The Bertz CT molecular complexity index is 287. The first kappa shape index (κ1) is 20.9. The van der Waals surface area contributed by atoms with Crippen molar-refractivity contribution in [2.75, 3.05) is 13.2 Å². The van der Waals surface area contributed by atoms with E-state index in [0.717, 1.165) is 25.7 Å². The second-order valence-electron chi connectivity index (χ2n) is 6.20. The van der Waals surface area contributed by atoms with Gasteiger partial charge in [0.1, 0.15) is 0 Å². The van der Waals surface area contributed by atoms with Gasteiger partial charge in [0.25, 0.3) is 0 Å². The molecule has 0 radical (unpaired) electrons. The average molecular weight is 314 g/mol. The van der Waals surface area contributed by atoms with Crippen molar-refractivity contribution in [2.24, 2.45) is 23.7 Å². The molecule has 4 nitrogen and oxygen atoms in total. The number of ether oxygens (including phenoxy) is 2. The van der Waals surface area contributed by atoms with Crippen molar-refractivity contribution in [2.45, 2.75) is 67.2 Å². The number of rotatable bonds is 11. The Morgan fingerprint density at radius 3 is 1.18 bits per heavy atom. The van der Waals surface area contributed by atoms with Gasteiger partial charge in [0.2, 0.25) is 0 Å². The van der Waals surface area contributed by atoms with Crippen LogP contribution in [0.25, 0.3) is 0 Å². The van der Waals surface area contributed by atoms with Crippen molar-refractivity contribution >= 4 is 11.9 Å². The Morgan fingerprint density at radius 2 is 0.955 bits per heavy atom. The number of carbonyl (C=O) groups is 2. The van der Waals surface area contributed by atoms with Gasteiger partial charge in [0.05, 0.1) is 25.0 Å². The van der Waals surface area contributed by atoms with Crippen LogP contribution in [0, 0.1) is 23.7 Å². The van der Waals surface area contributed by atoms with E-state index in [2.05, 4.69) is 27.7 Å². The van der Waals surface area contributed by atoms with E-state index >= 15 is 0 Å². The maximum absolute atomic E-state index is 12.0. The van der Waals surface area contributed by atoms with E-state index in [1.54, 1.807) is 13.8 Å². The zero-order valence-corrected chi connectivity index (χ0v) is 15.2. The summed E-state index contributed by atoms with van der Waals surface area (Å²) in [4.78, 5) is 24.1. The van der Waals surface area contributed by atoms with E-state index in [1.807, 2.05) is 0 Å². The third-order valence-corrected chi connectivity index (χ3v) is 4.73. The molecule has 0 rings (SSSR count). The molecule has 0 aliphatic carbocycles. The zero-order valence-electron chi connectivity index (χ0n) is 15.2. The predicted octanol–water partition coefficient (Wildman–Crippen LogP) is 4.22. The van der Waals surface area contributed by atoms with E-state index in [-0.39, 0.29) is 11.9 Å². The van der Waals surface area contributed by atoms with Crippen LogP contribution >= 0.6 is 0 Å². The topological polar surface area (TPSA) is 52.6 Å². The van der Waals surface area contributed by atoms with Gasteiger partial charge in [-0.25, -0.2) is 0 Å². The largest absolute Gasteiger partial charge is 0.465 e. The third kappa shape index (κ3) is 7.28. The van der Waals surface area contributed by atoms with Gasteiger partial charge in [-0.2, -0.15) is 0 Å². The van der Waals surface area contributed by atoms with E-state index < -0.39 is 11.8 Å². The third-order valence-electron chi connectivity index (χ3n) is 4.73. The molecule has 130 valence electrons. The summed E-state index contributed by atoms with van der Waals surface area (Å²) in [5.74, 6) is -0.758. The molecule has 0 aromatic carbocycles. The first-order valence-corrected chi connectivity index (χ1v) is 8.74. The number of hydrogen-bond donors (Lipinski definition) is 0. The Morgan fingerprint density at radius 1 is 0.682 bits per heavy atom. The molecular weight excluding hydrogens is 280 g/mol. The normalized spacial score (nSPS) is 14.0. The van der Waals surface area contributed by atoms with Crippen molar-refractivity contribution in [3.8, 4) is 0 Å². The van der Waals surface area contributed by atoms with Gasteiger partial charge >= 0.3 is 11.9 Å². The van der Waals surface area contributed by atoms with Gasteiger partial charge in [-0.15, -0.1) is 0 Å². The molecule has 0 unspecified atom stereocenters. The van der Waals surface area contributed by atoms with E-state index in [1.165, 1.54) is 0 Å². The fourth-order valence-corrected chi connectivity index (χ4v) is 2.12. The van der Waals surface area contributed by atoms with Crippen LogP contribution in [0.3, 0.4) is 0 Å². The minimum Gasteiger partial charge on any atom is -0.465 e. The Balaban J connectivity index is 4.30. The lowest BCUT2D eigenvalue weighted by atomic mass is 9.96. The predicted molar refractivity (Wildman–Crippen MR) is 88.4 cm³/mol. The summed E-state index contributed by atoms with van der Waals surface area (Å²) in [5, 5.41) is 0. The fraction of sp³-hybridized carbons (Fsp3) is 0.889. The molecule has 2 atom stereocenters. The van der Waals surface area contributed by atoms with Crippen LogP contribution in [-0.2, 0) is 19.1 Å². The minimum atomic E-state index is -0.469. The van der Waals surface area contributed by atoms with Gasteiger partial charge < -0.3 is 9.47 Å². The summed E-state index contributed by atoms with van der Waals surface area (Å²) in [6.45, 7) is 12.7. The molecule has 4 heteroatoms. The van der Waals surface area contributed by atoms with Crippen molar-refractivity contribution in [1.82, 2.24) is 0 Å². The summed E-state index contributed by atoms with van der Waals surface area (Å²) < 4.78 is 10.7. The highest BCUT2D eigenvalue weighted by Gasteiger charge is 2.29. The lowest BCUT2D eigenvalue weighted by Crippen LogP contribution is -2.30. The van der Waals surface area contributed by atoms with Crippen LogP contribution in [0.2, 0.25) is 0 Å². The van der Waals surface area contributed by atoms with Gasteiger partial charge in [-0.05, 0) is 11.8 Å². The molecule has 0 fully saturated rings. The summed E-state index contributed by atoms with van der Waals surface area (Å²) in [5.41, 5.74) is 0. The van der Waals surface area contributed by atoms with Crippen LogP contribution < -0.4 is 0 Å². The zero-order chi connectivity index (χ0) is 17.1. The molecule has 0 aliphatic rings. The maximum Gasteiger partial charge on any atom is 0.309 e. The first-order valence-electron chi connectivity index (χ1n) is 8.74. The van der Waals surface area contributed by atoms with Crippen LogP contribution in [0.1, 0.15) is 67.2 Å². The Labute approximate surface area is 135 Å². The molecule has 0 heterocycles. The van der Waals surface area contributed by atoms with E-state index in [4.69, 9.17) is 9.47 Å². The molecule has 0 amide bonds. The first-order chi connectivity index (χ1) is 10.4. The molecule has 0 aromatic rings. The average Bonchev–Trinajstić information content (AvgIpc) is 2.54. The molecule has 0 N–H and O–H groups in total. The van der Waals surface area contributed by atoms with Crippen LogP contribution in [0.15, 0.2) is 0 Å². The monoisotopic (exact) mass is 314 g/mol. The van der Waals surface area contributed by atoms with Crippen molar-refractivity contribution < 1.29 is 19.1 Å². The smallest absolute Gasteiger partial charge is 0.309 e. The summed E-state index contributed by atoms with van der Waals surface area (Å²) >= 11 is 0. The second-order valence-corrected chi connectivity index (χ2v) is 6.20. The van der Waals surface area contributed by atoms with E-state index in [9.17, 15) is 9.59 Å². The Kier molecular flexibility index (Phi) is 10.9. The SMILES string of the molecule is CCC(CC)COC(=O)[C@H](C)[C@@H](C)C(=O)OCC(CC)CC. The molecule has 0 spiro atoms. The molecule has 0 aromatic heterocycles. The number of carbonyl (C=O) groups excluding carboxylic acids is 2. The maximum atomic E-state index is 12.0. The Hall–Kier alpha value is -1.06. The molecule has 22 heavy (non-hydrogen) atoms. The highest BCUT2D eigenvalue weighted by molar-refractivity contribution is 5.81. The summed E-state index contributed by atoms with van der Waals surface area (Å²) in [7, 11) is 0. The molecule has 0 saturated carbocycles.